The number of aryl methyl sites for hydroxylation is 1. The minimum Gasteiger partial charge on any atom is -0.322 e. The van der Waals surface area contributed by atoms with Crippen molar-refractivity contribution in [1.82, 2.24) is 5.32 Å². The average Bonchev–Trinajstić information content (AvgIpc) is 2.49. The lowest BCUT2D eigenvalue weighted by atomic mass is 9.79. The Bertz CT molecular complexity index is 768. The van der Waals surface area contributed by atoms with E-state index in [0.717, 1.165) is 22.3 Å². The van der Waals surface area contributed by atoms with E-state index in [1.54, 1.807) is 0 Å². The van der Waals surface area contributed by atoms with Gasteiger partial charge in [-0.2, -0.15) is 0 Å². The van der Waals surface area contributed by atoms with Crippen LogP contribution in [0.3, 0.4) is 0 Å². The maximum atomic E-state index is 12.4. The molecule has 0 fully saturated rings. The topological polar surface area (TPSA) is 41.1 Å². The fraction of sp³-hybridized carbons (Fsp3) is 0.316. The van der Waals surface area contributed by atoms with Crippen molar-refractivity contribution in [1.29, 1.82) is 0 Å². The third-order valence-electron chi connectivity index (χ3n) is 4.41. The molecule has 0 radical (unpaired) electrons. The van der Waals surface area contributed by atoms with Gasteiger partial charge in [-0.1, -0.05) is 26.0 Å². The lowest BCUT2D eigenvalue weighted by molar-refractivity contribution is 0.102. The molecule has 120 valence electrons. The number of anilines is 1. The van der Waals surface area contributed by atoms with Crippen molar-refractivity contribution in [2.45, 2.75) is 32.7 Å². The second-order valence-electron chi connectivity index (χ2n) is 6.78. The molecule has 0 bridgehead atoms. The summed E-state index contributed by atoms with van der Waals surface area (Å²) in [6, 6.07) is 12.0. The lowest BCUT2D eigenvalue weighted by Crippen LogP contribution is -2.38. The minimum atomic E-state index is -0.0640. The molecule has 0 atom stereocenters. The summed E-state index contributed by atoms with van der Waals surface area (Å²) >= 11 is 2.26. The molecule has 3 rings (SSSR count). The van der Waals surface area contributed by atoms with E-state index in [4.69, 9.17) is 0 Å². The molecule has 1 heterocycles. The van der Waals surface area contributed by atoms with Crippen LogP contribution >= 0.6 is 22.6 Å². The van der Waals surface area contributed by atoms with Gasteiger partial charge in [0.1, 0.15) is 0 Å². The first-order valence-corrected chi connectivity index (χ1v) is 8.86. The predicted molar refractivity (Wildman–Crippen MR) is 103 cm³/mol. The maximum absolute atomic E-state index is 12.4. The highest BCUT2D eigenvalue weighted by atomic mass is 127. The first-order chi connectivity index (χ1) is 10.9. The number of halogens is 1. The quantitative estimate of drug-likeness (QED) is 0.714. The van der Waals surface area contributed by atoms with Crippen molar-refractivity contribution in [3.05, 3.63) is 62.2 Å². The molecule has 0 saturated heterocycles. The molecule has 1 aliphatic heterocycles. The smallest absolute Gasteiger partial charge is 0.255 e. The van der Waals surface area contributed by atoms with Crippen LogP contribution in [0.5, 0.6) is 0 Å². The zero-order chi connectivity index (χ0) is 16.6. The van der Waals surface area contributed by atoms with Gasteiger partial charge in [0.15, 0.2) is 0 Å². The van der Waals surface area contributed by atoms with Crippen LogP contribution in [0.15, 0.2) is 36.4 Å². The van der Waals surface area contributed by atoms with Gasteiger partial charge in [-0.15, -0.1) is 0 Å². The zero-order valence-electron chi connectivity index (χ0n) is 13.7. The van der Waals surface area contributed by atoms with Crippen molar-refractivity contribution in [2.75, 3.05) is 11.9 Å². The maximum Gasteiger partial charge on any atom is 0.255 e. The fourth-order valence-corrected chi connectivity index (χ4v) is 3.54. The van der Waals surface area contributed by atoms with E-state index in [1.807, 2.05) is 31.2 Å². The van der Waals surface area contributed by atoms with E-state index in [0.29, 0.717) is 5.56 Å². The van der Waals surface area contributed by atoms with Crippen LogP contribution in [-0.4, -0.2) is 12.5 Å². The van der Waals surface area contributed by atoms with Gasteiger partial charge in [0.2, 0.25) is 0 Å². The normalized spacial score (nSPS) is 15.8. The molecule has 0 spiro atoms. The zero-order valence-corrected chi connectivity index (χ0v) is 15.8. The van der Waals surface area contributed by atoms with Crippen molar-refractivity contribution >= 4 is 34.2 Å². The van der Waals surface area contributed by atoms with E-state index in [-0.39, 0.29) is 11.3 Å². The third kappa shape index (κ3) is 3.43. The molecule has 1 amide bonds. The fourth-order valence-electron chi connectivity index (χ4n) is 3.02. The van der Waals surface area contributed by atoms with Gasteiger partial charge in [0.05, 0.1) is 0 Å². The van der Waals surface area contributed by atoms with Crippen molar-refractivity contribution in [2.24, 2.45) is 0 Å². The van der Waals surface area contributed by atoms with Crippen molar-refractivity contribution in [3.63, 3.8) is 0 Å². The Balaban J connectivity index is 1.83. The molecular formula is C19H21IN2O. The van der Waals surface area contributed by atoms with E-state index >= 15 is 0 Å². The highest BCUT2D eigenvalue weighted by Crippen LogP contribution is 2.31. The summed E-state index contributed by atoms with van der Waals surface area (Å²) in [7, 11) is 0. The van der Waals surface area contributed by atoms with Gasteiger partial charge >= 0.3 is 0 Å². The number of rotatable bonds is 2. The molecule has 4 heteroatoms. The molecule has 0 aliphatic carbocycles. The Labute approximate surface area is 151 Å². The average molecular weight is 420 g/mol. The Morgan fingerprint density at radius 2 is 2.00 bits per heavy atom. The summed E-state index contributed by atoms with van der Waals surface area (Å²) in [4.78, 5) is 12.4. The highest BCUT2D eigenvalue weighted by Gasteiger charge is 2.27. The van der Waals surface area contributed by atoms with Gasteiger partial charge in [-0.05, 0) is 70.5 Å². The van der Waals surface area contributed by atoms with Gasteiger partial charge in [-0.3, -0.25) is 4.79 Å². The van der Waals surface area contributed by atoms with Gasteiger partial charge in [0.25, 0.3) is 5.91 Å². The number of carbonyl (C=O) groups excluding carboxylic acids is 1. The van der Waals surface area contributed by atoms with Crippen molar-refractivity contribution < 1.29 is 4.79 Å². The summed E-state index contributed by atoms with van der Waals surface area (Å²) in [5, 5.41) is 6.46. The van der Waals surface area contributed by atoms with Crippen LogP contribution in [0.2, 0.25) is 0 Å². The Hall–Kier alpha value is -1.40. The highest BCUT2D eigenvalue weighted by molar-refractivity contribution is 14.1. The number of benzene rings is 2. The Morgan fingerprint density at radius 3 is 2.74 bits per heavy atom. The molecule has 0 unspecified atom stereocenters. The number of fused-ring (bicyclic) bond motifs is 1. The molecule has 0 aromatic heterocycles. The second-order valence-corrected chi connectivity index (χ2v) is 7.94. The van der Waals surface area contributed by atoms with Crippen LogP contribution in [0.4, 0.5) is 5.69 Å². The number of hydrogen-bond donors (Lipinski definition) is 2. The molecule has 23 heavy (non-hydrogen) atoms. The van der Waals surface area contributed by atoms with E-state index < -0.39 is 0 Å². The molecule has 1 aliphatic rings. The summed E-state index contributed by atoms with van der Waals surface area (Å²) in [5.74, 6) is -0.0640. The SMILES string of the molecule is Cc1ccc(C(=O)Nc2ccc3c(c2)CNCC3(C)C)cc1I. The van der Waals surface area contributed by atoms with Gasteiger partial charge < -0.3 is 10.6 Å². The van der Waals surface area contributed by atoms with E-state index in [2.05, 4.69) is 59.2 Å². The van der Waals surface area contributed by atoms with E-state index in [1.165, 1.54) is 16.7 Å². The van der Waals surface area contributed by atoms with Gasteiger partial charge in [-0.25, -0.2) is 0 Å². The number of amides is 1. The number of carbonyl (C=O) groups is 1. The number of nitrogens with one attached hydrogen (secondary N) is 2. The Morgan fingerprint density at radius 1 is 1.22 bits per heavy atom. The molecule has 2 N–H and O–H groups in total. The minimum absolute atomic E-state index is 0.0640. The molecule has 0 saturated carbocycles. The lowest BCUT2D eigenvalue weighted by Gasteiger charge is -2.33. The summed E-state index contributed by atoms with van der Waals surface area (Å²) < 4.78 is 1.10. The predicted octanol–water partition coefficient (Wildman–Crippen LogP) is 4.23. The van der Waals surface area contributed by atoms with Crippen LogP contribution in [-0.2, 0) is 12.0 Å². The summed E-state index contributed by atoms with van der Waals surface area (Å²) in [6.45, 7) is 8.36. The third-order valence-corrected chi connectivity index (χ3v) is 5.57. The summed E-state index contributed by atoms with van der Waals surface area (Å²) in [5.41, 5.74) is 5.48. The largest absolute Gasteiger partial charge is 0.322 e. The Kier molecular flexibility index (Phi) is 4.47. The molecular weight excluding hydrogens is 399 g/mol. The first-order valence-electron chi connectivity index (χ1n) is 7.78. The van der Waals surface area contributed by atoms with Gasteiger partial charge in [0, 0.05) is 33.3 Å². The second kappa shape index (κ2) is 6.24. The van der Waals surface area contributed by atoms with Crippen LogP contribution < -0.4 is 10.6 Å². The molecule has 2 aromatic rings. The monoisotopic (exact) mass is 420 g/mol. The van der Waals surface area contributed by atoms with Crippen molar-refractivity contribution in [3.8, 4) is 0 Å². The molecule has 3 nitrogen and oxygen atoms in total. The van der Waals surface area contributed by atoms with Crippen LogP contribution in [0, 0.1) is 10.5 Å². The first kappa shape index (κ1) is 16.5. The summed E-state index contributed by atoms with van der Waals surface area (Å²) in [6.07, 6.45) is 0. The van der Waals surface area contributed by atoms with E-state index in [9.17, 15) is 4.79 Å². The molecule has 2 aromatic carbocycles. The standard InChI is InChI=1S/C19H21IN2O/c1-12-4-5-13(9-17(12)20)18(23)22-15-6-7-16-14(8-15)10-21-11-19(16,2)3/h4-9,21H,10-11H2,1-3H3,(H,22,23). The number of hydrogen-bond acceptors (Lipinski definition) is 2. The van der Waals surface area contributed by atoms with Crippen LogP contribution in [0.1, 0.15) is 40.9 Å². The van der Waals surface area contributed by atoms with Crippen LogP contribution in [0.25, 0.3) is 0 Å².